The number of benzene rings is 2. The predicted molar refractivity (Wildman–Crippen MR) is 134 cm³/mol. The number of hydrogen-bond acceptors (Lipinski definition) is 4. The number of Topliss-reactive ketones (excluding diaryl/α,β-unsaturated/α-hetero) is 1. The summed E-state index contributed by atoms with van der Waals surface area (Å²) in [6.45, 7) is 4.10. The first kappa shape index (κ1) is 25.9. The van der Waals surface area contributed by atoms with E-state index in [9.17, 15) is 13.6 Å². The summed E-state index contributed by atoms with van der Waals surface area (Å²) in [4.78, 5) is 12.7. The van der Waals surface area contributed by atoms with Gasteiger partial charge in [0.2, 0.25) is 0 Å². The Bertz CT molecular complexity index is 1020. The standard InChI is InChI=1S/C28H33F2NO3.ClH/c1-18(24-3-2-4-26-27(24)34-28(29,30)33-26)15-20-5-6-23(16-20)21-7-9-22(10-8-21)25(32)17-19-11-13-31-14-12-19;/h2-4,7-10,18-20,23,31H,5-6,11-17H2,1H3;1H/t18-,20?,23-;/m0./s1. The van der Waals surface area contributed by atoms with E-state index in [-0.39, 0.29) is 35.6 Å². The summed E-state index contributed by atoms with van der Waals surface area (Å²) in [6, 6.07) is 13.4. The number of hydrogen-bond donors (Lipinski definition) is 1. The van der Waals surface area contributed by atoms with E-state index in [1.54, 1.807) is 6.07 Å². The molecule has 7 heteroatoms. The number of halogens is 3. The third-order valence-electron chi connectivity index (χ3n) is 7.85. The number of nitrogens with one attached hydrogen (secondary N) is 1. The van der Waals surface area contributed by atoms with Gasteiger partial charge < -0.3 is 14.8 Å². The molecule has 4 nitrogen and oxygen atoms in total. The highest BCUT2D eigenvalue weighted by atomic mass is 35.5. The highest BCUT2D eigenvalue weighted by Gasteiger charge is 2.45. The fraction of sp³-hybridized carbons (Fsp3) is 0.536. The van der Waals surface area contributed by atoms with Crippen molar-refractivity contribution in [2.75, 3.05) is 13.1 Å². The van der Waals surface area contributed by atoms with Crippen LogP contribution in [0.25, 0.3) is 0 Å². The molecule has 5 rings (SSSR count). The third kappa shape index (κ3) is 5.97. The maximum Gasteiger partial charge on any atom is 0.586 e. The minimum Gasteiger partial charge on any atom is -0.395 e. The number of ether oxygens (including phenoxy) is 2. The first-order chi connectivity index (χ1) is 16.4. The smallest absolute Gasteiger partial charge is 0.395 e. The van der Waals surface area contributed by atoms with Crippen LogP contribution in [-0.4, -0.2) is 25.2 Å². The summed E-state index contributed by atoms with van der Waals surface area (Å²) in [7, 11) is 0. The highest BCUT2D eigenvalue weighted by Crippen LogP contribution is 2.48. The normalized spacial score (nSPS) is 24.1. The lowest BCUT2D eigenvalue weighted by molar-refractivity contribution is -0.287. The Morgan fingerprint density at radius 1 is 1.03 bits per heavy atom. The van der Waals surface area contributed by atoms with Gasteiger partial charge in [-0.15, -0.1) is 21.2 Å². The van der Waals surface area contributed by atoms with Gasteiger partial charge in [-0.1, -0.05) is 43.3 Å². The monoisotopic (exact) mass is 505 g/mol. The van der Waals surface area contributed by atoms with Crippen LogP contribution in [-0.2, 0) is 0 Å². The van der Waals surface area contributed by atoms with Gasteiger partial charge in [-0.05, 0) is 86.9 Å². The lowest BCUT2D eigenvalue weighted by Gasteiger charge is -2.21. The summed E-state index contributed by atoms with van der Waals surface area (Å²) >= 11 is 0. The van der Waals surface area contributed by atoms with Crippen molar-refractivity contribution in [3.8, 4) is 11.5 Å². The number of rotatable bonds is 7. The van der Waals surface area contributed by atoms with Crippen molar-refractivity contribution in [2.45, 2.75) is 70.0 Å². The lowest BCUT2D eigenvalue weighted by atomic mass is 9.87. The van der Waals surface area contributed by atoms with Crippen LogP contribution in [0.3, 0.4) is 0 Å². The number of para-hydroxylation sites is 1. The Labute approximate surface area is 212 Å². The number of carbonyl (C=O) groups excluding carboxylic acids is 1. The summed E-state index contributed by atoms with van der Waals surface area (Å²) in [5, 5.41) is 3.35. The Morgan fingerprint density at radius 3 is 2.51 bits per heavy atom. The SMILES string of the molecule is C[C@@H](CC1CC[C@H](c2ccc(C(=O)CC3CCNCC3)cc2)C1)c1cccc2c1OC(F)(F)O2.Cl. The minimum atomic E-state index is -3.59. The van der Waals surface area contributed by atoms with Crippen LogP contribution in [0.15, 0.2) is 42.5 Å². The van der Waals surface area contributed by atoms with Crippen LogP contribution in [0.5, 0.6) is 11.5 Å². The Kier molecular flexibility index (Phi) is 8.02. The Morgan fingerprint density at radius 2 is 1.77 bits per heavy atom. The molecule has 3 aliphatic rings. The van der Waals surface area contributed by atoms with Crippen molar-refractivity contribution < 1.29 is 23.0 Å². The average Bonchev–Trinajstić information content (AvgIpc) is 3.42. The molecule has 2 aliphatic heterocycles. The van der Waals surface area contributed by atoms with Gasteiger partial charge in [0.05, 0.1) is 0 Å². The Balaban J connectivity index is 0.00000289. The third-order valence-corrected chi connectivity index (χ3v) is 7.85. The zero-order valence-corrected chi connectivity index (χ0v) is 20.9. The molecule has 1 unspecified atom stereocenters. The van der Waals surface area contributed by atoms with Crippen LogP contribution >= 0.6 is 12.4 Å². The summed E-state index contributed by atoms with van der Waals surface area (Å²) in [5.74, 6) is 2.17. The van der Waals surface area contributed by atoms with Gasteiger partial charge in [0.1, 0.15) is 0 Å². The Hall–Kier alpha value is -2.18. The van der Waals surface area contributed by atoms with E-state index in [1.807, 2.05) is 18.2 Å². The summed E-state index contributed by atoms with van der Waals surface area (Å²) in [6.07, 6.45) is 3.46. The molecule has 1 N–H and O–H groups in total. The van der Waals surface area contributed by atoms with Crippen LogP contribution in [0.2, 0.25) is 0 Å². The fourth-order valence-electron chi connectivity index (χ4n) is 6.00. The molecule has 0 amide bonds. The quantitative estimate of drug-likeness (QED) is 0.408. The van der Waals surface area contributed by atoms with E-state index >= 15 is 0 Å². The van der Waals surface area contributed by atoms with Crippen LogP contribution in [0.1, 0.15) is 85.2 Å². The largest absolute Gasteiger partial charge is 0.586 e. The molecule has 190 valence electrons. The second-order valence-corrected chi connectivity index (χ2v) is 10.3. The maximum atomic E-state index is 13.6. The molecule has 2 aromatic rings. The van der Waals surface area contributed by atoms with E-state index in [2.05, 4.69) is 29.1 Å². The average molecular weight is 506 g/mol. The van der Waals surface area contributed by atoms with Crippen molar-refractivity contribution in [1.29, 1.82) is 0 Å². The van der Waals surface area contributed by atoms with Crippen LogP contribution in [0.4, 0.5) is 8.78 Å². The topological polar surface area (TPSA) is 47.6 Å². The van der Waals surface area contributed by atoms with E-state index in [1.165, 1.54) is 11.6 Å². The fourth-order valence-corrected chi connectivity index (χ4v) is 6.00. The predicted octanol–water partition coefficient (Wildman–Crippen LogP) is 7.08. The molecule has 0 spiro atoms. The zero-order chi connectivity index (χ0) is 23.7. The van der Waals surface area contributed by atoms with Crippen LogP contribution in [0, 0.1) is 11.8 Å². The first-order valence-electron chi connectivity index (χ1n) is 12.6. The van der Waals surface area contributed by atoms with Gasteiger partial charge in [-0.3, -0.25) is 4.79 Å². The molecule has 35 heavy (non-hydrogen) atoms. The van der Waals surface area contributed by atoms with Crippen LogP contribution < -0.4 is 14.8 Å². The minimum absolute atomic E-state index is 0. The molecule has 2 aromatic carbocycles. The van der Waals surface area contributed by atoms with E-state index in [4.69, 9.17) is 4.74 Å². The number of carbonyl (C=O) groups is 1. The molecule has 1 aliphatic carbocycles. The van der Waals surface area contributed by atoms with Crippen molar-refractivity contribution in [3.63, 3.8) is 0 Å². The van der Waals surface area contributed by atoms with Crippen molar-refractivity contribution >= 4 is 18.2 Å². The van der Waals surface area contributed by atoms with Crippen molar-refractivity contribution in [2.24, 2.45) is 11.8 Å². The highest BCUT2D eigenvalue weighted by molar-refractivity contribution is 5.96. The van der Waals surface area contributed by atoms with Gasteiger partial charge in [0.15, 0.2) is 17.3 Å². The van der Waals surface area contributed by atoms with Gasteiger partial charge in [0.25, 0.3) is 0 Å². The molecule has 0 bridgehead atoms. The number of fused-ring (bicyclic) bond motifs is 1. The molecule has 2 fully saturated rings. The summed E-state index contributed by atoms with van der Waals surface area (Å²) < 4.78 is 36.5. The van der Waals surface area contributed by atoms with Gasteiger partial charge in [0, 0.05) is 17.5 Å². The molecule has 3 atom stereocenters. The molecule has 1 saturated heterocycles. The van der Waals surface area contributed by atoms with Gasteiger partial charge in [-0.2, -0.15) is 0 Å². The number of ketones is 1. The lowest BCUT2D eigenvalue weighted by Crippen LogP contribution is -2.28. The zero-order valence-electron chi connectivity index (χ0n) is 20.1. The maximum absolute atomic E-state index is 13.6. The van der Waals surface area contributed by atoms with E-state index < -0.39 is 6.29 Å². The molecule has 0 aromatic heterocycles. The first-order valence-corrected chi connectivity index (χ1v) is 12.6. The van der Waals surface area contributed by atoms with Crippen molar-refractivity contribution in [3.05, 3.63) is 59.2 Å². The van der Waals surface area contributed by atoms with E-state index in [0.29, 0.717) is 24.2 Å². The number of piperidine rings is 1. The molecule has 1 saturated carbocycles. The van der Waals surface area contributed by atoms with Gasteiger partial charge in [-0.25, -0.2) is 0 Å². The van der Waals surface area contributed by atoms with E-state index in [0.717, 1.165) is 62.7 Å². The van der Waals surface area contributed by atoms with Crippen molar-refractivity contribution in [1.82, 2.24) is 5.32 Å². The van der Waals surface area contributed by atoms with Gasteiger partial charge >= 0.3 is 6.29 Å². The number of alkyl halides is 2. The molecule has 0 radical (unpaired) electrons. The molecular formula is C28H34ClF2NO3. The molecular weight excluding hydrogens is 472 g/mol. The second-order valence-electron chi connectivity index (χ2n) is 10.3. The molecule has 2 heterocycles. The summed E-state index contributed by atoms with van der Waals surface area (Å²) in [5.41, 5.74) is 2.91. The second kappa shape index (κ2) is 10.8.